The van der Waals surface area contributed by atoms with Gasteiger partial charge in [0.05, 0.1) is 17.8 Å². The summed E-state index contributed by atoms with van der Waals surface area (Å²) in [5.41, 5.74) is 6.13. The van der Waals surface area contributed by atoms with Gasteiger partial charge in [-0.1, -0.05) is 31.4 Å². The Hall–Kier alpha value is -2.66. The monoisotopic (exact) mass is 430 g/mol. The van der Waals surface area contributed by atoms with Crippen LogP contribution >= 0.6 is 12.2 Å². The van der Waals surface area contributed by atoms with E-state index in [-0.39, 0.29) is 12.1 Å². The molecule has 4 nitrogen and oxygen atoms in total. The number of thiocarbonyl (C=S) groups is 1. The van der Waals surface area contributed by atoms with Gasteiger partial charge in [-0.3, -0.25) is 4.98 Å². The molecule has 1 N–H and O–H groups in total. The van der Waals surface area contributed by atoms with Crippen molar-refractivity contribution in [3.8, 4) is 5.69 Å². The number of pyridine rings is 1. The van der Waals surface area contributed by atoms with Crippen molar-refractivity contribution >= 4 is 17.3 Å². The Morgan fingerprint density at radius 1 is 0.968 bits per heavy atom. The summed E-state index contributed by atoms with van der Waals surface area (Å²) in [5.74, 6) is 0. The van der Waals surface area contributed by atoms with E-state index in [4.69, 9.17) is 17.2 Å². The van der Waals surface area contributed by atoms with Crippen molar-refractivity contribution in [1.82, 2.24) is 19.8 Å². The van der Waals surface area contributed by atoms with E-state index in [1.165, 1.54) is 54.6 Å². The molecular weight excluding hydrogens is 400 g/mol. The molecule has 3 heterocycles. The summed E-state index contributed by atoms with van der Waals surface area (Å²) in [5, 5.41) is 4.50. The lowest BCUT2D eigenvalue weighted by atomic mass is 9.92. The number of aromatic nitrogens is 2. The van der Waals surface area contributed by atoms with Crippen molar-refractivity contribution in [3.63, 3.8) is 0 Å². The molecular formula is C26H30N4S. The predicted molar refractivity (Wildman–Crippen MR) is 129 cm³/mol. The zero-order chi connectivity index (χ0) is 21.4. The third-order valence-electron chi connectivity index (χ3n) is 6.96. The number of hydrogen-bond donors (Lipinski definition) is 1. The average molecular weight is 431 g/mol. The summed E-state index contributed by atoms with van der Waals surface area (Å²) >= 11 is 5.93. The number of aryl methyl sites for hydroxylation is 2. The standard InChI is InChI=1S/C26H30N4S/c1-18-13-14-21(17-19(18)2)29-16-8-12-23(29)25-24(22-11-6-7-15-27-22)28-26(31)30(25)20-9-4-3-5-10-20/h6-8,11-17,20,24-25H,3-5,9-10H2,1-2H3,(H,28,31)/t24-,25+/m1/s1. The quantitative estimate of drug-likeness (QED) is 0.531. The molecule has 1 aliphatic heterocycles. The van der Waals surface area contributed by atoms with Crippen molar-refractivity contribution in [2.24, 2.45) is 0 Å². The molecule has 31 heavy (non-hydrogen) atoms. The van der Waals surface area contributed by atoms with E-state index in [0.717, 1.165) is 10.8 Å². The van der Waals surface area contributed by atoms with Crippen LogP contribution in [-0.2, 0) is 0 Å². The normalized spacial score (nSPS) is 22.0. The molecule has 5 heteroatoms. The van der Waals surface area contributed by atoms with Crippen LogP contribution in [0.25, 0.3) is 5.69 Å². The zero-order valence-corrected chi connectivity index (χ0v) is 19.1. The van der Waals surface area contributed by atoms with E-state index in [2.05, 4.69) is 77.3 Å². The summed E-state index contributed by atoms with van der Waals surface area (Å²) in [4.78, 5) is 7.19. The van der Waals surface area contributed by atoms with E-state index in [9.17, 15) is 0 Å². The van der Waals surface area contributed by atoms with Crippen LogP contribution in [0.4, 0.5) is 0 Å². The number of nitrogens with zero attached hydrogens (tertiary/aromatic N) is 3. The third kappa shape index (κ3) is 3.76. The van der Waals surface area contributed by atoms with Crippen LogP contribution in [0.3, 0.4) is 0 Å². The number of benzene rings is 1. The summed E-state index contributed by atoms with van der Waals surface area (Å²) in [7, 11) is 0. The Bertz CT molecular complexity index is 1070. The van der Waals surface area contributed by atoms with E-state index < -0.39 is 0 Å². The van der Waals surface area contributed by atoms with Gasteiger partial charge in [-0.05, 0) is 86.4 Å². The smallest absolute Gasteiger partial charge is 0.170 e. The van der Waals surface area contributed by atoms with Gasteiger partial charge in [-0.15, -0.1) is 0 Å². The molecule has 0 amide bonds. The van der Waals surface area contributed by atoms with Gasteiger partial charge in [-0.2, -0.15) is 0 Å². The van der Waals surface area contributed by atoms with Crippen LogP contribution < -0.4 is 5.32 Å². The molecule has 0 spiro atoms. The van der Waals surface area contributed by atoms with Gasteiger partial charge < -0.3 is 14.8 Å². The number of rotatable bonds is 4. The van der Waals surface area contributed by atoms with E-state index >= 15 is 0 Å². The summed E-state index contributed by atoms with van der Waals surface area (Å²) in [6.45, 7) is 4.34. The molecule has 3 aromatic rings. The zero-order valence-electron chi connectivity index (χ0n) is 18.3. The molecule has 1 saturated heterocycles. The summed E-state index contributed by atoms with van der Waals surface area (Å²) < 4.78 is 2.33. The van der Waals surface area contributed by atoms with Crippen LogP contribution in [0.15, 0.2) is 60.9 Å². The molecule has 1 aromatic carbocycles. The molecule has 5 rings (SSSR count). The lowest BCUT2D eigenvalue weighted by molar-refractivity contribution is 0.193. The van der Waals surface area contributed by atoms with E-state index in [1.807, 2.05) is 12.3 Å². The minimum absolute atomic E-state index is 0.0378. The highest BCUT2D eigenvalue weighted by molar-refractivity contribution is 7.80. The molecule has 0 radical (unpaired) electrons. The van der Waals surface area contributed by atoms with Crippen LogP contribution in [0.2, 0.25) is 0 Å². The van der Waals surface area contributed by atoms with Crippen molar-refractivity contribution in [2.45, 2.75) is 64.1 Å². The Morgan fingerprint density at radius 2 is 1.81 bits per heavy atom. The Kier molecular flexibility index (Phi) is 5.53. The SMILES string of the molecule is Cc1ccc(-n2cccc2[C@H]2[C@@H](c3ccccn3)NC(=S)N2C2CCCCC2)cc1C. The first-order valence-electron chi connectivity index (χ1n) is 11.4. The highest BCUT2D eigenvalue weighted by Crippen LogP contribution is 2.43. The van der Waals surface area contributed by atoms with Crippen molar-refractivity contribution < 1.29 is 0 Å². The Morgan fingerprint density at radius 3 is 2.55 bits per heavy atom. The predicted octanol–water partition coefficient (Wildman–Crippen LogP) is 5.79. The molecule has 160 valence electrons. The molecule has 2 atom stereocenters. The lowest BCUT2D eigenvalue weighted by Crippen LogP contribution is -2.40. The van der Waals surface area contributed by atoms with Crippen LogP contribution in [0.5, 0.6) is 0 Å². The fourth-order valence-electron chi connectivity index (χ4n) is 5.18. The topological polar surface area (TPSA) is 33.1 Å². The van der Waals surface area contributed by atoms with Crippen LogP contribution in [-0.4, -0.2) is 25.6 Å². The van der Waals surface area contributed by atoms with Gasteiger partial charge in [0.1, 0.15) is 0 Å². The van der Waals surface area contributed by atoms with Crippen LogP contribution in [0, 0.1) is 13.8 Å². The molecule has 1 aliphatic carbocycles. The number of hydrogen-bond acceptors (Lipinski definition) is 2. The van der Waals surface area contributed by atoms with Gasteiger partial charge >= 0.3 is 0 Å². The van der Waals surface area contributed by atoms with Crippen LogP contribution in [0.1, 0.15) is 66.7 Å². The Balaban J connectivity index is 1.61. The first-order valence-corrected chi connectivity index (χ1v) is 11.8. The third-order valence-corrected chi connectivity index (χ3v) is 7.28. The Labute approximate surface area is 190 Å². The first kappa shape index (κ1) is 20.3. The maximum atomic E-state index is 5.93. The van der Waals surface area contributed by atoms with Crippen molar-refractivity contribution in [3.05, 3.63) is 83.4 Å². The second-order valence-corrected chi connectivity index (χ2v) is 9.28. The summed E-state index contributed by atoms with van der Waals surface area (Å²) in [6, 6.07) is 17.9. The highest BCUT2D eigenvalue weighted by atomic mass is 32.1. The molecule has 2 aliphatic rings. The maximum Gasteiger partial charge on any atom is 0.170 e. The largest absolute Gasteiger partial charge is 0.352 e. The van der Waals surface area contributed by atoms with Crippen molar-refractivity contribution in [1.29, 1.82) is 0 Å². The lowest BCUT2D eigenvalue weighted by Gasteiger charge is -2.37. The molecule has 2 fully saturated rings. The highest BCUT2D eigenvalue weighted by Gasteiger charge is 2.44. The summed E-state index contributed by atoms with van der Waals surface area (Å²) in [6.07, 6.45) is 10.4. The molecule has 0 unspecified atom stereocenters. The second kappa shape index (κ2) is 8.46. The van der Waals surface area contributed by atoms with E-state index in [1.54, 1.807) is 0 Å². The van der Waals surface area contributed by atoms with Gasteiger partial charge in [0.25, 0.3) is 0 Å². The van der Waals surface area contributed by atoms with Crippen molar-refractivity contribution in [2.75, 3.05) is 0 Å². The first-order chi connectivity index (χ1) is 15.1. The molecule has 2 aromatic heterocycles. The maximum absolute atomic E-state index is 5.93. The average Bonchev–Trinajstić information content (AvgIpc) is 3.41. The fraction of sp³-hybridized carbons (Fsp3) is 0.385. The molecule has 0 bridgehead atoms. The van der Waals surface area contributed by atoms with Gasteiger partial charge in [0.2, 0.25) is 0 Å². The van der Waals surface area contributed by atoms with Gasteiger partial charge in [0.15, 0.2) is 5.11 Å². The number of nitrogens with one attached hydrogen (secondary N) is 1. The molecule has 1 saturated carbocycles. The fourth-order valence-corrected chi connectivity index (χ4v) is 5.57. The van der Waals surface area contributed by atoms with Gasteiger partial charge in [0, 0.05) is 29.8 Å². The minimum atomic E-state index is 0.0378. The minimum Gasteiger partial charge on any atom is -0.352 e. The van der Waals surface area contributed by atoms with Gasteiger partial charge in [-0.25, -0.2) is 0 Å². The second-order valence-electron chi connectivity index (χ2n) is 8.90. The van der Waals surface area contributed by atoms with E-state index in [0.29, 0.717) is 6.04 Å².